The van der Waals surface area contributed by atoms with Crippen molar-refractivity contribution < 1.29 is 40.6 Å². The molecule has 3 aliphatic rings. The van der Waals surface area contributed by atoms with Crippen molar-refractivity contribution in [2.24, 2.45) is 29.6 Å². The molecule has 1 heterocycles. The van der Waals surface area contributed by atoms with Crippen molar-refractivity contribution in [3.05, 3.63) is 29.6 Å². The molecule has 2 saturated carbocycles. The normalized spacial score (nSPS) is 30.3. The molecule has 4 rings (SSSR count). The fourth-order valence-electron chi connectivity index (χ4n) is 6.27. The minimum absolute atomic E-state index is 0.195. The largest absolute Gasteiger partial charge is 0.487 e. The van der Waals surface area contributed by atoms with E-state index in [9.17, 15) is 26.3 Å². The first-order valence-electron chi connectivity index (χ1n) is 13.8. The van der Waals surface area contributed by atoms with E-state index >= 15 is 0 Å². The van der Waals surface area contributed by atoms with Gasteiger partial charge in [-0.3, -0.25) is 4.39 Å². The van der Waals surface area contributed by atoms with Gasteiger partial charge in [0.05, 0.1) is 19.9 Å². The zero-order valence-corrected chi connectivity index (χ0v) is 22.6. The van der Waals surface area contributed by atoms with Crippen LogP contribution in [0.4, 0.5) is 26.3 Å². The van der Waals surface area contributed by atoms with Crippen LogP contribution in [0.5, 0.6) is 5.75 Å². The molecular formula is C28H39ClF6O3. The molecule has 3 fully saturated rings. The highest BCUT2D eigenvalue weighted by Gasteiger charge is 2.35. The van der Waals surface area contributed by atoms with E-state index in [2.05, 4.69) is 23.3 Å². The highest BCUT2D eigenvalue weighted by molar-refractivity contribution is 6.20. The molecule has 1 aromatic rings. The fourth-order valence-corrected chi connectivity index (χ4v) is 6.35. The van der Waals surface area contributed by atoms with Crippen LogP contribution in [-0.4, -0.2) is 31.7 Å². The maximum absolute atomic E-state index is 12.6. The monoisotopic (exact) mass is 572 g/mol. The molecule has 1 aliphatic heterocycles. The van der Waals surface area contributed by atoms with Crippen LogP contribution in [0.3, 0.4) is 0 Å². The first kappa shape index (κ1) is 31.3. The van der Waals surface area contributed by atoms with Gasteiger partial charge in [-0.15, -0.1) is 8.78 Å². The molecule has 3 nitrogen and oxygen atoms in total. The van der Waals surface area contributed by atoms with E-state index in [1.54, 1.807) is 0 Å². The van der Waals surface area contributed by atoms with Crippen molar-refractivity contribution >= 4 is 11.6 Å². The second-order valence-corrected chi connectivity index (χ2v) is 11.3. The molecule has 10 heteroatoms. The van der Waals surface area contributed by atoms with Crippen molar-refractivity contribution in [3.8, 4) is 5.75 Å². The van der Waals surface area contributed by atoms with Gasteiger partial charge in [-0.1, -0.05) is 32.6 Å². The molecule has 0 unspecified atom stereocenters. The Labute approximate surface area is 226 Å². The molecule has 1 aromatic carbocycles. The summed E-state index contributed by atoms with van der Waals surface area (Å²) in [6, 6.07) is 0.391. The van der Waals surface area contributed by atoms with Gasteiger partial charge < -0.3 is 14.2 Å². The fraction of sp³-hybridized carbons (Fsp3) is 0.786. The summed E-state index contributed by atoms with van der Waals surface area (Å²) < 4.78 is 88.7. The Morgan fingerprint density at radius 1 is 0.816 bits per heavy atom. The molecule has 0 atom stereocenters. The van der Waals surface area contributed by atoms with E-state index in [-0.39, 0.29) is 25.1 Å². The summed E-state index contributed by atoms with van der Waals surface area (Å²) in [5.74, 6) is -1.54. The Bertz CT molecular complexity index is 773. The van der Waals surface area contributed by atoms with E-state index < -0.39 is 28.8 Å². The molecular weight excluding hydrogens is 534 g/mol. The van der Waals surface area contributed by atoms with E-state index in [1.807, 2.05) is 0 Å². The van der Waals surface area contributed by atoms with Gasteiger partial charge in [0.2, 0.25) is 0 Å². The zero-order valence-electron chi connectivity index (χ0n) is 21.9. The highest BCUT2D eigenvalue weighted by atomic mass is 35.5. The summed E-state index contributed by atoms with van der Waals surface area (Å²) in [6.45, 7) is 3.54. The number of benzene rings is 1. The van der Waals surface area contributed by atoms with Crippen LogP contribution in [-0.2, 0) is 9.47 Å². The van der Waals surface area contributed by atoms with E-state index in [0.717, 1.165) is 36.9 Å². The Balaban J connectivity index is 0.000000244. The predicted molar refractivity (Wildman–Crippen MR) is 133 cm³/mol. The lowest BCUT2D eigenvalue weighted by atomic mass is 9.67. The minimum Gasteiger partial charge on any atom is -0.414 e. The smallest absolute Gasteiger partial charge is 0.414 e. The van der Waals surface area contributed by atoms with Crippen molar-refractivity contribution in [1.29, 1.82) is 0 Å². The summed E-state index contributed by atoms with van der Waals surface area (Å²) in [6.07, 6.45) is 14.4. The Morgan fingerprint density at radius 3 is 1.74 bits per heavy atom. The molecule has 38 heavy (non-hydrogen) atoms. The summed E-state index contributed by atoms with van der Waals surface area (Å²) in [7, 11) is 0. The molecule has 0 aromatic heterocycles. The first-order valence-corrected chi connectivity index (χ1v) is 14.2. The Kier molecular flexibility index (Phi) is 12.4. The maximum Gasteiger partial charge on any atom is 0.487 e. The van der Waals surface area contributed by atoms with Crippen molar-refractivity contribution in [2.45, 2.75) is 89.4 Å². The highest BCUT2D eigenvalue weighted by Crippen LogP contribution is 2.44. The zero-order chi connectivity index (χ0) is 27.7. The third kappa shape index (κ3) is 9.77. The number of hydrogen-bond acceptors (Lipinski definition) is 3. The van der Waals surface area contributed by atoms with Crippen LogP contribution >= 0.6 is 11.6 Å². The van der Waals surface area contributed by atoms with Crippen molar-refractivity contribution in [1.82, 2.24) is 0 Å². The van der Waals surface area contributed by atoms with Gasteiger partial charge >= 0.3 is 5.57 Å². The van der Waals surface area contributed by atoms with Crippen LogP contribution in [0.25, 0.3) is 0 Å². The van der Waals surface area contributed by atoms with Crippen molar-refractivity contribution in [2.75, 3.05) is 19.9 Å². The summed E-state index contributed by atoms with van der Waals surface area (Å²) in [4.78, 5) is 0. The number of alkyl halides is 4. The van der Waals surface area contributed by atoms with Crippen LogP contribution < -0.4 is 4.74 Å². The second kappa shape index (κ2) is 15.0. The average Bonchev–Trinajstić information content (AvgIpc) is 2.88. The number of ether oxygens (including phenoxy) is 3. The van der Waals surface area contributed by atoms with Crippen LogP contribution in [0, 0.1) is 47.0 Å². The second-order valence-electron chi connectivity index (χ2n) is 10.8. The summed E-state index contributed by atoms with van der Waals surface area (Å²) in [5, 5.41) is 0. The molecule has 0 amide bonds. The summed E-state index contributed by atoms with van der Waals surface area (Å²) in [5.41, 5.74) is -4.25. The average molecular weight is 573 g/mol. The topological polar surface area (TPSA) is 27.7 Å². The van der Waals surface area contributed by atoms with Gasteiger partial charge in [0.25, 0.3) is 0 Å². The van der Waals surface area contributed by atoms with Crippen LogP contribution in [0.1, 0.15) is 77.6 Å². The standard InChI is InChI=1S/C21H37FO2.C7H2ClF5O/c1-2-3-16-4-6-17(7-5-16)18-8-10-19(11-9-18)20-14-23-21(12-13-22)24-15-20;8-7(12,13)14-6-4(10)1-3(9)2-5(6)11/h16-21H,2-15H2,1H3;1-2H. The molecule has 218 valence electrons. The third-order valence-electron chi connectivity index (χ3n) is 8.26. The van der Waals surface area contributed by atoms with Crippen LogP contribution in [0.2, 0.25) is 0 Å². The lowest BCUT2D eigenvalue weighted by Crippen LogP contribution is -2.38. The number of halogens is 7. The summed E-state index contributed by atoms with van der Waals surface area (Å²) >= 11 is 4.27. The predicted octanol–water partition coefficient (Wildman–Crippen LogP) is 9.02. The Morgan fingerprint density at radius 2 is 1.29 bits per heavy atom. The molecule has 0 radical (unpaired) electrons. The van der Waals surface area contributed by atoms with Gasteiger partial charge in [-0.25, -0.2) is 13.2 Å². The van der Waals surface area contributed by atoms with Gasteiger partial charge in [-0.05, 0) is 62.2 Å². The Hall–Kier alpha value is -1.19. The van der Waals surface area contributed by atoms with E-state index in [0.29, 0.717) is 12.3 Å². The number of hydrogen-bond donors (Lipinski definition) is 0. The van der Waals surface area contributed by atoms with Gasteiger partial charge in [0.15, 0.2) is 23.7 Å². The lowest BCUT2D eigenvalue weighted by molar-refractivity contribution is -0.213. The molecule has 1 saturated heterocycles. The molecule has 0 N–H and O–H groups in total. The van der Waals surface area contributed by atoms with Gasteiger partial charge in [-0.2, -0.15) is 0 Å². The molecule has 2 aliphatic carbocycles. The van der Waals surface area contributed by atoms with E-state index in [4.69, 9.17) is 9.47 Å². The molecule has 0 bridgehead atoms. The maximum atomic E-state index is 12.6. The lowest BCUT2D eigenvalue weighted by Gasteiger charge is -2.41. The quantitative estimate of drug-likeness (QED) is 0.230. The molecule has 0 spiro atoms. The first-order chi connectivity index (χ1) is 18.1. The SMILES string of the molecule is CCCC1CCC(C2CCC(C3COC(CCF)OC3)CC2)CC1.Fc1cc(F)c(OC(F)(F)Cl)c(F)c1. The van der Waals surface area contributed by atoms with E-state index in [1.165, 1.54) is 64.2 Å². The van der Waals surface area contributed by atoms with Crippen LogP contribution in [0.15, 0.2) is 12.1 Å². The van der Waals surface area contributed by atoms with Gasteiger partial charge in [0.1, 0.15) is 5.82 Å². The minimum atomic E-state index is -4.25. The van der Waals surface area contributed by atoms with Gasteiger partial charge in [0, 0.05) is 36.1 Å². The number of rotatable bonds is 8. The van der Waals surface area contributed by atoms with Crippen molar-refractivity contribution in [3.63, 3.8) is 0 Å². The third-order valence-corrected chi connectivity index (χ3v) is 8.33.